The predicted molar refractivity (Wildman–Crippen MR) is 79.1 cm³/mol. The van der Waals surface area contributed by atoms with Crippen LogP contribution in [0, 0.1) is 0 Å². The van der Waals surface area contributed by atoms with Gasteiger partial charge in [0.15, 0.2) is 0 Å². The molecule has 1 rings (SSSR count). The largest absolute Gasteiger partial charge is 0.478 e. The van der Waals surface area contributed by atoms with Crippen LogP contribution in [0.1, 0.15) is 37.7 Å². The zero-order chi connectivity index (χ0) is 13.8. The third-order valence-electron chi connectivity index (χ3n) is 2.92. The van der Waals surface area contributed by atoms with Gasteiger partial charge >= 0.3 is 5.97 Å². The first-order valence-corrected chi connectivity index (χ1v) is 6.89. The Kier molecular flexibility index (Phi) is 8.12. The van der Waals surface area contributed by atoms with Crippen LogP contribution < -0.4 is 0 Å². The van der Waals surface area contributed by atoms with Crippen LogP contribution >= 0.6 is 0 Å². The number of aryl methyl sites for hydroxylation is 1. The van der Waals surface area contributed by atoms with Crippen LogP contribution in [-0.4, -0.2) is 11.1 Å². The molecule has 0 heterocycles. The predicted octanol–water partition coefficient (Wildman–Crippen LogP) is 4.38. The Morgan fingerprint density at radius 1 is 1.00 bits per heavy atom. The Hall–Kier alpha value is -1.83. The summed E-state index contributed by atoms with van der Waals surface area (Å²) in [6.45, 7) is 0. The molecule has 19 heavy (non-hydrogen) atoms. The van der Waals surface area contributed by atoms with Crippen molar-refractivity contribution >= 4 is 5.97 Å². The van der Waals surface area contributed by atoms with E-state index in [-0.39, 0.29) is 0 Å². The molecule has 0 aliphatic heterocycles. The molecule has 0 aromatic heterocycles. The maximum absolute atomic E-state index is 10.2. The molecule has 1 aromatic rings. The zero-order valence-electron chi connectivity index (χ0n) is 11.3. The molecule has 0 fully saturated rings. The highest BCUT2D eigenvalue weighted by Crippen LogP contribution is 2.08. The third-order valence-corrected chi connectivity index (χ3v) is 2.92. The number of carboxylic acids is 1. The minimum Gasteiger partial charge on any atom is -0.478 e. The van der Waals surface area contributed by atoms with E-state index in [0.29, 0.717) is 0 Å². The number of benzene rings is 1. The van der Waals surface area contributed by atoms with Crippen LogP contribution in [0.5, 0.6) is 0 Å². The lowest BCUT2D eigenvalue weighted by Crippen LogP contribution is -1.85. The number of hydrogen-bond acceptors (Lipinski definition) is 1. The number of unbranched alkanes of at least 4 members (excludes halogenated alkanes) is 4. The standard InChI is InChI=1S/C17H22O2/c18-17(19)15-11-6-4-2-1-3-5-8-12-16-13-9-7-10-14-16/h4,6-7,9-11,13-15H,1-3,5,8,12H2,(H,18,19)/b6-4+,15-11+. The van der Waals surface area contributed by atoms with Crippen LogP contribution in [0.3, 0.4) is 0 Å². The molecule has 1 N–H and O–H groups in total. The summed E-state index contributed by atoms with van der Waals surface area (Å²) in [5, 5.41) is 8.39. The van der Waals surface area contributed by atoms with Crippen molar-refractivity contribution in [3.63, 3.8) is 0 Å². The summed E-state index contributed by atoms with van der Waals surface area (Å²) in [4.78, 5) is 10.2. The molecule has 0 bridgehead atoms. The van der Waals surface area contributed by atoms with E-state index >= 15 is 0 Å². The molecule has 2 nitrogen and oxygen atoms in total. The molecular weight excluding hydrogens is 236 g/mol. The van der Waals surface area contributed by atoms with Crippen molar-refractivity contribution in [2.75, 3.05) is 0 Å². The molecule has 0 saturated heterocycles. The topological polar surface area (TPSA) is 37.3 Å². The van der Waals surface area contributed by atoms with Gasteiger partial charge in [-0.15, -0.1) is 0 Å². The lowest BCUT2D eigenvalue weighted by atomic mass is 10.1. The highest BCUT2D eigenvalue weighted by atomic mass is 16.4. The van der Waals surface area contributed by atoms with E-state index < -0.39 is 5.97 Å². The molecule has 2 heteroatoms. The smallest absolute Gasteiger partial charge is 0.328 e. The second kappa shape index (κ2) is 10.1. The summed E-state index contributed by atoms with van der Waals surface area (Å²) in [6.07, 6.45) is 13.6. The quantitative estimate of drug-likeness (QED) is 0.405. The van der Waals surface area contributed by atoms with Gasteiger partial charge in [0, 0.05) is 6.08 Å². The number of rotatable bonds is 9. The Morgan fingerprint density at radius 3 is 2.47 bits per heavy atom. The van der Waals surface area contributed by atoms with Gasteiger partial charge in [-0.2, -0.15) is 0 Å². The van der Waals surface area contributed by atoms with Crippen LogP contribution in [0.15, 0.2) is 54.6 Å². The molecule has 102 valence electrons. The summed E-state index contributed by atoms with van der Waals surface area (Å²) >= 11 is 0. The maximum Gasteiger partial charge on any atom is 0.328 e. The molecule has 0 unspecified atom stereocenters. The molecule has 0 spiro atoms. The highest BCUT2D eigenvalue weighted by Gasteiger charge is 1.92. The van der Waals surface area contributed by atoms with Gasteiger partial charge in [0.05, 0.1) is 0 Å². The second-order valence-corrected chi connectivity index (χ2v) is 4.56. The first kappa shape index (κ1) is 15.2. The Bertz CT molecular complexity index is 405. The first-order chi connectivity index (χ1) is 9.29. The van der Waals surface area contributed by atoms with Crippen molar-refractivity contribution < 1.29 is 9.90 Å². The van der Waals surface area contributed by atoms with Gasteiger partial charge in [-0.1, -0.05) is 61.4 Å². The van der Waals surface area contributed by atoms with Crippen LogP contribution in [0.4, 0.5) is 0 Å². The number of carboxylic acid groups (broad SMARTS) is 1. The number of aliphatic carboxylic acids is 1. The van der Waals surface area contributed by atoms with Gasteiger partial charge in [-0.05, 0) is 31.2 Å². The van der Waals surface area contributed by atoms with Crippen LogP contribution in [-0.2, 0) is 11.2 Å². The average Bonchev–Trinajstić information content (AvgIpc) is 2.42. The second-order valence-electron chi connectivity index (χ2n) is 4.56. The molecule has 0 aliphatic carbocycles. The van der Waals surface area contributed by atoms with Crippen LogP contribution in [0.25, 0.3) is 0 Å². The van der Waals surface area contributed by atoms with E-state index in [2.05, 4.69) is 30.3 Å². The van der Waals surface area contributed by atoms with E-state index in [1.165, 1.54) is 31.2 Å². The Morgan fingerprint density at radius 2 is 1.74 bits per heavy atom. The monoisotopic (exact) mass is 258 g/mol. The third kappa shape index (κ3) is 8.83. The van der Waals surface area contributed by atoms with E-state index in [1.807, 2.05) is 6.08 Å². The summed E-state index contributed by atoms with van der Waals surface area (Å²) in [5.74, 6) is -0.898. The van der Waals surface area contributed by atoms with Crippen molar-refractivity contribution in [1.82, 2.24) is 0 Å². The number of carbonyl (C=O) groups is 1. The minimum absolute atomic E-state index is 0.898. The van der Waals surface area contributed by atoms with Crippen molar-refractivity contribution in [2.45, 2.75) is 38.5 Å². The lowest BCUT2D eigenvalue weighted by Gasteiger charge is -2.00. The fraction of sp³-hybridized carbons (Fsp3) is 0.353. The van der Waals surface area contributed by atoms with Gasteiger partial charge in [0.25, 0.3) is 0 Å². The van der Waals surface area contributed by atoms with E-state index in [0.717, 1.165) is 18.9 Å². The van der Waals surface area contributed by atoms with Gasteiger partial charge < -0.3 is 5.11 Å². The van der Waals surface area contributed by atoms with Gasteiger partial charge in [0.1, 0.15) is 0 Å². The van der Waals surface area contributed by atoms with Crippen molar-refractivity contribution in [2.24, 2.45) is 0 Å². The molecule has 0 saturated carbocycles. The van der Waals surface area contributed by atoms with Crippen molar-refractivity contribution in [3.05, 3.63) is 60.2 Å². The lowest BCUT2D eigenvalue weighted by molar-refractivity contribution is -0.131. The highest BCUT2D eigenvalue weighted by molar-refractivity contribution is 5.80. The summed E-state index contributed by atoms with van der Waals surface area (Å²) in [5.41, 5.74) is 1.42. The van der Waals surface area contributed by atoms with E-state index in [9.17, 15) is 4.79 Å². The van der Waals surface area contributed by atoms with Crippen LogP contribution in [0.2, 0.25) is 0 Å². The normalized spacial score (nSPS) is 11.4. The SMILES string of the molecule is O=C(O)/C=C/C=C/CCCCCCc1ccccc1. The zero-order valence-corrected chi connectivity index (χ0v) is 11.3. The first-order valence-electron chi connectivity index (χ1n) is 6.89. The fourth-order valence-electron chi connectivity index (χ4n) is 1.90. The fourth-order valence-corrected chi connectivity index (χ4v) is 1.90. The summed E-state index contributed by atoms with van der Waals surface area (Å²) in [6, 6.07) is 10.6. The minimum atomic E-state index is -0.898. The molecule has 0 radical (unpaired) electrons. The molecule has 0 amide bonds. The van der Waals surface area contributed by atoms with Crippen molar-refractivity contribution in [1.29, 1.82) is 0 Å². The summed E-state index contributed by atoms with van der Waals surface area (Å²) < 4.78 is 0. The van der Waals surface area contributed by atoms with Gasteiger partial charge in [0.2, 0.25) is 0 Å². The molecule has 0 aliphatic rings. The molecular formula is C17H22O2. The van der Waals surface area contributed by atoms with Crippen molar-refractivity contribution in [3.8, 4) is 0 Å². The summed E-state index contributed by atoms with van der Waals surface area (Å²) in [7, 11) is 0. The van der Waals surface area contributed by atoms with E-state index in [4.69, 9.17) is 5.11 Å². The van der Waals surface area contributed by atoms with Gasteiger partial charge in [-0.3, -0.25) is 0 Å². The molecule has 0 atom stereocenters. The number of hydrogen-bond donors (Lipinski definition) is 1. The Labute approximate surface area is 115 Å². The number of allylic oxidation sites excluding steroid dienone is 3. The molecule has 1 aromatic carbocycles. The van der Waals surface area contributed by atoms with Gasteiger partial charge in [-0.25, -0.2) is 4.79 Å². The average molecular weight is 258 g/mol. The maximum atomic E-state index is 10.2. The van der Waals surface area contributed by atoms with E-state index in [1.54, 1.807) is 12.2 Å². The Balaban J connectivity index is 1.96.